The molecule has 4 nitrogen and oxygen atoms in total. The minimum atomic E-state index is -0.194. The van der Waals surface area contributed by atoms with Gasteiger partial charge in [0.1, 0.15) is 0 Å². The molecule has 3 N–H and O–H groups in total. The van der Waals surface area contributed by atoms with Gasteiger partial charge in [0.05, 0.1) is 11.6 Å². The van der Waals surface area contributed by atoms with Crippen molar-refractivity contribution in [1.82, 2.24) is 5.32 Å². The summed E-state index contributed by atoms with van der Waals surface area (Å²) < 4.78 is 1.07. The third kappa shape index (κ3) is 2.84. The lowest BCUT2D eigenvalue weighted by Crippen LogP contribution is -2.27. The fraction of sp³-hybridized carbons (Fsp3) is 0.462. The van der Waals surface area contributed by atoms with Gasteiger partial charge in [-0.3, -0.25) is 4.79 Å². The summed E-state index contributed by atoms with van der Waals surface area (Å²) in [5.74, 6) is -0.214. The molecule has 1 aliphatic heterocycles. The maximum absolute atomic E-state index is 11.2. The number of nitrogens with two attached hydrogens (primary N) is 1. The molecule has 98 valence electrons. The molecule has 2 rings (SSSR count). The summed E-state index contributed by atoms with van der Waals surface area (Å²) in [5, 5.41) is 3.13. The molecule has 18 heavy (non-hydrogen) atoms. The van der Waals surface area contributed by atoms with Crippen LogP contribution in [0, 0.1) is 5.92 Å². The van der Waals surface area contributed by atoms with Crippen molar-refractivity contribution in [3.05, 3.63) is 28.2 Å². The molecule has 1 amide bonds. The predicted molar refractivity (Wildman–Crippen MR) is 76.4 cm³/mol. The van der Waals surface area contributed by atoms with Crippen LogP contribution in [0.1, 0.15) is 12.0 Å². The summed E-state index contributed by atoms with van der Waals surface area (Å²) in [6.45, 7) is 2.46. The van der Waals surface area contributed by atoms with Gasteiger partial charge < -0.3 is 16.0 Å². The first-order valence-corrected chi connectivity index (χ1v) is 6.88. The number of carbonyl (C=O) groups is 1. The van der Waals surface area contributed by atoms with Crippen LogP contribution < -0.4 is 16.0 Å². The van der Waals surface area contributed by atoms with Crippen molar-refractivity contribution >= 4 is 27.5 Å². The molecule has 1 aliphatic rings. The van der Waals surface area contributed by atoms with Crippen molar-refractivity contribution in [1.29, 1.82) is 0 Å². The fourth-order valence-electron chi connectivity index (χ4n) is 2.33. The Hall–Kier alpha value is -1.07. The van der Waals surface area contributed by atoms with E-state index in [0.29, 0.717) is 0 Å². The lowest BCUT2D eigenvalue weighted by atomic mass is 10.1. The summed E-state index contributed by atoms with van der Waals surface area (Å²) >= 11 is 3.60. The maximum atomic E-state index is 11.2. The van der Waals surface area contributed by atoms with Gasteiger partial charge in [0.2, 0.25) is 5.91 Å². The van der Waals surface area contributed by atoms with Crippen LogP contribution in [0.25, 0.3) is 0 Å². The third-order valence-electron chi connectivity index (χ3n) is 3.32. The van der Waals surface area contributed by atoms with Crippen molar-refractivity contribution in [2.24, 2.45) is 11.7 Å². The largest absolute Gasteiger partial charge is 0.370 e. The molecule has 0 spiro atoms. The van der Waals surface area contributed by atoms with Crippen LogP contribution in [0.3, 0.4) is 0 Å². The Bertz CT molecular complexity index is 450. The van der Waals surface area contributed by atoms with Gasteiger partial charge in [-0.15, -0.1) is 0 Å². The lowest BCUT2D eigenvalue weighted by molar-refractivity contribution is -0.121. The molecule has 5 heteroatoms. The number of nitrogens with one attached hydrogen (secondary N) is 1. The van der Waals surface area contributed by atoms with E-state index in [1.807, 2.05) is 7.05 Å². The van der Waals surface area contributed by atoms with Gasteiger partial charge in [-0.25, -0.2) is 0 Å². The second-order valence-electron chi connectivity index (χ2n) is 4.65. The standard InChI is InChI=1S/C13H18BrN3O/c1-16-7-9-2-3-12(11(14)6-9)17-5-4-10(8-17)13(15)18/h2-3,6,10,16H,4-5,7-8H2,1H3,(H2,15,18). The van der Waals surface area contributed by atoms with Crippen molar-refractivity contribution in [3.8, 4) is 0 Å². The molecular formula is C13H18BrN3O. The van der Waals surface area contributed by atoms with Gasteiger partial charge in [-0.1, -0.05) is 6.07 Å². The zero-order chi connectivity index (χ0) is 13.1. The molecule has 1 heterocycles. The normalized spacial score (nSPS) is 19.2. The van der Waals surface area contributed by atoms with Crippen LogP contribution in [0.4, 0.5) is 5.69 Å². The average Bonchev–Trinajstić information content (AvgIpc) is 2.79. The molecular weight excluding hydrogens is 294 g/mol. The summed E-state index contributed by atoms with van der Waals surface area (Å²) in [7, 11) is 1.93. The van der Waals surface area contributed by atoms with Crippen LogP contribution in [0.2, 0.25) is 0 Å². The van der Waals surface area contributed by atoms with E-state index in [0.717, 1.165) is 36.2 Å². The number of carbonyl (C=O) groups excluding carboxylic acids is 1. The summed E-state index contributed by atoms with van der Waals surface area (Å²) in [6.07, 6.45) is 0.847. The number of nitrogens with zero attached hydrogens (tertiary/aromatic N) is 1. The van der Waals surface area contributed by atoms with Crippen molar-refractivity contribution in [2.75, 3.05) is 25.0 Å². The number of amides is 1. The average molecular weight is 312 g/mol. The zero-order valence-corrected chi connectivity index (χ0v) is 12.0. The van der Waals surface area contributed by atoms with Crippen molar-refractivity contribution in [3.63, 3.8) is 0 Å². The number of hydrogen-bond donors (Lipinski definition) is 2. The molecule has 1 saturated heterocycles. The molecule has 0 saturated carbocycles. The highest BCUT2D eigenvalue weighted by Gasteiger charge is 2.27. The molecule has 1 aromatic rings. The minimum Gasteiger partial charge on any atom is -0.370 e. The molecule has 1 aromatic carbocycles. The highest BCUT2D eigenvalue weighted by atomic mass is 79.9. The second kappa shape index (κ2) is 5.71. The summed E-state index contributed by atoms with van der Waals surface area (Å²) in [5.41, 5.74) is 7.73. The Kier molecular flexibility index (Phi) is 4.24. The smallest absolute Gasteiger partial charge is 0.222 e. The van der Waals surface area contributed by atoms with E-state index in [1.54, 1.807) is 0 Å². The lowest BCUT2D eigenvalue weighted by Gasteiger charge is -2.20. The fourth-order valence-corrected chi connectivity index (χ4v) is 3.01. The maximum Gasteiger partial charge on any atom is 0.222 e. The number of halogens is 1. The first-order valence-electron chi connectivity index (χ1n) is 6.09. The quantitative estimate of drug-likeness (QED) is 0.885. The SMILES string of the molecule is CNCc1ccc(N2CCC(C(N)=O)C2)c(Br)c1. The molecule has 1 atom stereocenters. The van der Waals surface area contributed by atoms with Gasteiger partial charge in [0.25, 0.3) is 0 Å². The topological polar surface area (TPSA) is 58.4 Å². The summed E-state index contributed by atoms with van der Waals surface area (Å²) in [4.78, 5) is 13.4. The predicted octanol–water partition coefficient (Wildman–Crippen LogP) is 1.48. The number of primary amides is 1. The minimum absolute atomic E-state index is 0.0196. The molecule has 0 aliphatic carbocycles. The van der Waals surface area contributed by atoms with E-state index in [9.17, 15) is 4.79 Å². The number of hydrogen-bond acceptors (Lipinski definition) is 3. The number of benzene rings is 1. The van der Waals surface area contributed by atoms with Gasteiger partial charge in [0.15, 0.2) is 0 Å². The first-order chi connectivity index (χ1) is 8.61. The van der Waals surface area contributed by atoms with E-state index in [-0.39, 0.29) is 11.8 Å². The Morgan fingerprint density at radius 2 is 2.39 bits per heavy atom. The molecule has 0 aromatic heterocycles. The summed E-state index contributed by atoms with van der Waals surface area (Å²) in [6, 6.07) is 6.32. The number of anilines is 1. The molecule has 0 bridgehead atoms. The van der Waals surface area contributed by atoms with Gasteiger partial charge in [-0.05, 0) is 47.1 Å². The van der Waals surface area contributed by atoms with E-state index in [1.165, 1.54) is 5.56 Å². The van der Waals surface area contributed by atoms with Gasteiger partial charge in [0, 0.05) is 24.1 Å². The molecule has 0 radical (unpaired) electrons. The Labute approximate surface area is 116 Å². The van der Waals surface area contributed by atoms with Crippen molar-refractivity contribution < 1.29 is 4.79 Å². The Morgan fingerprint density at radius 3 is 2.94 bits per heavy atom. The zero-order valence-electron chi connectivity index (χ0n) is 10.4. The second-order valence-corrected chi connectivity index (χ2v) is 5.50. The van der Waals surface area contributed by atoms with E-state index >= 15 is 0 Å². The molecule has 1 unspecified atom stereocenters. The third-order valence-corrected chi connectivity index (χ3v) is 3.96. The van der Waals surface area contributed by atoms with Gasteiger partial charge in [-0.2, -0.15) is 0 Å². The highest BCUT2D eigenvalue weighted by molar-refractivity contribution is 9.10. The van der Waals surface area contributed by atoms with Crippen LogP contribution in [0.15, 0.2) is 22.7 Å². The van der Waals surface area contributed by atoms with Crippen molar-refractivity contribution in [2.45, 2.75) is 13.0 Å². The number of rotatable bonds is 4. The monoisotopic (exact) mass is 311 g/mol. The Morgan fingerprint density at radius 1 is 1.61 bits per heavy atom. The van der Waals surface area contributed by atoms with Crippen LogP contribution in [-0.4, -0.2) is 26.0 Å². The van der Waals surface area contributed by atoms with Crippen LogP contribution in [-0.2, 0) is 11.3 Å². The van der Waals surface area contributed by atoms with Crippen LogP contribution in [0.5, 0.6) is 0 Å². The van der Waals surface area contributed by atoms with E-state index in [4.69, 9.17) is 5.73 Å². The van der Waals surface area contributed by atoms with E-state index < -0.39 is 0 Å². The van der Waals surface area contributed by atoms with Gasteiger partial charge >= 0.3 is 0 Å². The van der Waals surface area contributed by atoms with E-state index in [2.05, 4.69) is 44.3 Å². The highest BCUT2D eigenvalue weighted by Crippen LogP contribution is 2.31. The Balaban J connectivity index is 2.12. The molecule has 1 fully saturated rings. The van der Waals surface area contributed by atoms with Crippen LogP contribution >= 0.6 is 15.9 Å². The first kappa shape index (κ1) is 13.4.